The molecular formula is C26H23NO5S2. The van der Waals surface area contributed by atoms with E-state index in [4.69, 9.17) is 4.74 Å². The summed E-state index contributed by atoms with van der Waals surface area (Å²) in [6.45, 7) is 0. The van der Waals surface area contributed by atoms with Crippen molar-refractivity contribution in [2.75, 3.05) is 5.75 Å². The Kier molecular flexibility index (Phi) is 7.59. The number of Topliss-reactive ketones (excluding diaryl/α,β-unsaturated/α-hetero) is 1. The summed E-state index contributed by atoms with van der Waals surface area (Å²) in [5, 5.41) is 8.36. The lowest BCUT2D eigenvalue weighted by Gasteiger charge is -2.28. The number of amides is 1. The number of carboxylic acids is 1. The van der Waals surface area contributed by atoms with Crippen molar-refractivity contribution in [3.63, 3.8) is 0 Å². The van der Waals surface area contributed by atoms with Crippen LogP contribution < -0.4 is 4.74 Å². The zero-order chi connectivity index (χ0) is 24.1. The van der Waals surface area contributed by atoms with Gasteiger partial charge < -0.3 is 14.7 Å². The van der Waals surface area contributed by atoms with Crippen molar-refractivity contribution in [3.05, 3.63) is 96.1 Å². The van der Waals surface area contributed by atoms with Crippen molar-refractivity contribution in [1.29, 1.82) is 0 Å². The quantitative estimate of drug-likeness (QED) is 0.336. The van der Waals surface area contributed by atoms with Gasteiger partial charge in [0.25, 0.3) is 0 Å². The number of carbonyl (C=O) groups excluding carboxylic acids is 2. The Morgan fingerprint density at radius 1 is 0.971 bits per heavy atom. The van der Waals surface area contributed by atoms with Crippen LogP contribution in [0.1, 0.15) is 27.7 Å². The Morgan fingerprint density at radius 2 is 1.62 bits per heavy atom. The number of nitrogens with zero attached hydrogens (tertiary/aromatic N) is 1. The molecule has 174 valence electrons. The predicted molar refractivity (Wildman–Crippen MR) is 135 cm³/mol. The van der Waals surface area contributed by atoms with E-state index >= 15 is 0 Å². The Balaban J connectivity index is 1.54. The van der Waals surface area contributed by atoms with Gasteiger partial charge in [-0.1, -0.05) is 60.7 Å². The van der Waals surface area contributed by atoms with Crippen LogP contribution in [0.4, 0.5) is 0 Å². The molecule has 0 spiro atoms. The third kappa shape index (κ3) is 5.46. The molecule has 0 radical (unpaired) electrons. The largest absolute Gasteiger partial charge is 0.480 e. The van der Waals surface area contributed by atoms with E-state index in [2.05, 4.69) is 12.6 Å². The molecule has 8 heteroatoms. The maximum absolute atomic E-state index is 13.3. The van der Waals surface area contributed by atoms with Crippen molar-refractivity contribution in [2.24, 2.45) is 0 Å². The second-order valence-corrected chi connectivity index (χ2v) is 9.52. The molecule has 6 nitrogen and oxygen atoms in total. The molecule has 1 heterocycles. The summed E-state index contributed by atoms with van der Waals surface area (Å²) >= 11 is 5.74. The first-order chi connectivity index (χ1) is 16.4. The van der Waals surface area contributed by atoms with E-state index in [1.54, 1.807) is 36.4 Å². The minimum atomic E-state index is -1.08. The predicted octanol–water partition coefficient (Wildman–Crippen LogP) is 5.08. The Morgan fingerprint density at radius 3 is 2.29 bits per heavy atom. The van der Waals surface area contributed by atoms with Gasteiger partial charge in [0.15, 0.2) is 5.78 Å². The van der Waals surface area contributed by atoms with Gasteiger partial charge in [-0.05, 0) is 29.8 Å². The second kappa shape index (κ2) is 10.8. The van der Waals surface area contributed by atoms with E-state index < -0.39 is 28.5 Å². The Bertz CT molecular complexity index is 1170. The first-order valence-electron chi connectivity index (χ1n) is 10.7. The molecule has 3 atom stereocenters. The minimum absolute atomic E-state index is 0.197. The number of benzene rings is 3. The highest BCUT2D eigenvalue weighted by Crippen LogP contribution is 2.43. The zero-order valence-electron chi connectivity index (χ0n) is 18.1. The highest BCUT2D eigenvalue weighted by molar-refractivity contribution is 7.99. The molecule has 0 bridgehead atoms. The van der Waals surface area contributed by atoms with Crippen LogP contribution >= 0.6 is 24.4 Å². The number of carboxylic acid groups (broad SMARTS) is 1. The molecule has 34 heavy (non-hydrogen) atoms. The maximum Gasteiger partial charge on any atom is 0.327 e. The summed E-state index contributed by atoms with van der Waals surface area (Å²) in [6, 6.07) is 24.2. The van der Waals surface area contributed by atoms with Gasteiger partial charge in [0.05, 0.1) is 5.25 Å². The first kappa shape index (κ1) is 23.9. The van der Waals surface area contributed by atoms with E-state index in [0.29, 0.717) is 17.1 Å². The van der Waals surface area contributed by atoms with Crippen LogP contribution in [0.25, 0.3) is 0 Å². The van der Waals surface area contributed by atoms with Gasteiger partial charge in [-0.2, -0.15) is 12.6 Å². The molecule has 0 aromatic heterocycles. The molecule has 1 fully saturated rings. The van der Waals surface area contributed by atoms with E-state index in [1.807, 2.05) is 48.5 Å². The third-order valence-electron chi connectivity index (χ3n) is 5.42. The summed E-state index contributed by atoms with van der Waals surface area (Å²) < 4.78 is 5.91. The number of thioether (sulfide) groups is 1. The lowest BCUT2D eigenvalue weighted by atomic mass is 10.0. The minimum Gasteiger partial charge on any atom is -0.480 e. The number of aliphatic carboxylic acids is 1. The summed E-state index contributed by atoms with van der Waals surface area (Å²) in [4.78, 5) is 39.3. The molecule has 1 amide bonds. The highest BCUT2D eigenvalue weighted by Gasteiger charge is 2.43. The van der Waals surface area contributed by atoms with E-state index in [1.165, 1.54) is 16.7 Å². The number of carbonyl (C=O) groups is 3. The second-order valence-electron chi connectivity index (χ2n) is 7.78. The number of hydrogen-bond acceptors (Lipinski definition) is 6. The van der Waals surface area contributed by atoms with E-state index in [9.17, 15) is 19.5 Å². The van der Waals surface area contributed by atoms with Crippen LogP contribution in [0.2, 0.25) is 0 Å². The van der Waals surface area contributed by atoms with E-state index in [0.717, 1.165) is 5.56 Å². The van der Waals surface area contributed by atoms with Crippen molar-refractivity contribution in [3.8, 4) is 11.5 Å². The molecule has 1 aliphatic rings. The van der Waals surface area contributed by atoms with Crippen LogP contribution in [0.5, 0.6) is 11.5 Å². The van der Waals surface area contributed by atoms with Gasteiger partial charge in [0, 0.05) is 17.7 Å². The van der Waals surface area contributed by atoms with Crippen LogP contribution in [-0.4, -0.2) is 44.7 Å². The zero-order valence-corrected chi connectivity index (χ0v) is 19.8. The summed E-state index contributed by atoms with van der Waals surface area (Å²) in [6.07, 6.45) is -0.197. The molecule has 2 unspecified atom stereocenters. The summed E-state index contributed by atoms with van der Waals surface area (Å²) in [5.41, 5.74) is 1.21. The van der Waals surface area contributed by atoms with Gasteiger partial charge in [0.1, 0.15) is 22.9 Å². The van der Waals surface area contributed by atoms with Crippen molar-refractivity contribution in [2.45, 2.75) is 23.1 Å². The lowest BCUT2D eigenvalue weighted by Crippen LogP contribution is -2.44. The molecule has 4 rings (SSSR count). The fourth-order valence-corrected chi connectivity index (χ4v) is 5.51. The number of ether oxygens (including phenoxy) is 1. The smallest absolute Gasteiger partial charge is 0.327 e. The van der Waals surface area contributed by atoms with Gasteiger partial charge in [-0.25, -0.2) is 4.79 Å². The standard InChI is InChI=1S/C26H23NO5S2/c28-23(15-22(33)24(29)17-8-3-1-4-9-17)27-21(26(30)31)16-34-25(27)18-10-7-13-20(14-18)32-19-11-5-2-6-12-19/h1-14,21-22,25,33H,15-16H2,(H,30,31)/t21-,22?,25?/m0/s1. The fraction of sp³-hybridized carbons (Fsp3) is 0.192. The average molecular weight is 494 g/mol. The topological polar surface area (TPSA) is 83.9 Å². The van der Waals surface area contributed by atoms with Crippen molar-refractivity contribution in [1.82, 2.24) is 4.90 Å². The molecule has 1 saturated heterocycles. The molecule has 0 saturated carbocycles. The highest BCUT2D eigenvalue weighted by atomic mass is 32.2. The molecule has 0 aliphatic carbocycles. The van der Waals surface area contributed by atoms with Crippen LogP contribution in [0, 0.1) is 0 Å². The normalized spacial score (nSPS) is 18.3. The number of thiol groups is 1. The number of para-hydroxylation sites is 1. The maximum atomic E-state index is 13.3. The molecule has 1 aliphatic heterocycles. The monoisotopic (exact) mass is 493 g/mol. The van der Waals surface area contributed by atoms with Gasteiger partial charge in [-0.15, -0.1) is 11.8 Å². The van der Waals surface area contributed by atoms with Gasteiger partial charge in [0.2, 0.25) is 5.91 Å². The molecule has 3 aromatic rings. The van der Waals surface area contributed by atoms with E-state index in [-0.39, 0.29) is 18.0 Å². The number of hydrogen-bond donors (Lipinski definition) is 2. The van der Waals surface area contributed by atoms with Crippen LogP contribution in [0.15, 0.2) is 84.9 Å². The summed E-state index contributed by atoms with van der Waals surface area (Å²) in [5.74, 6) is -0.273. The van der Waals surface area contributed by atoms with Crippen LogP contribution in [-0.2, 0) is 9.59 Å². The molecule has 1 N–H and O–H groups in total. The summed E-state index contributed by atoms with van der Waals surface area (Å²) in [7, 11) is 0. The third-order valence-corrected chi connectivity index (χ3v) is 7.16. The SMILES string of the molecule is O=C(c1ccccc1)C(S)CC(=O)N1C(c2cccc(Oc3ccccc3)c2)SC[C@H]1C(=O)O. The first-order valence-corrected chi connectivity index (χ1v) is 12.3. The molecule has 3 aromatic carbocycles. The number of rotatable bonds is 8. The average Bonchev–Trinajstić information content (AvgIpc) is 3.31. The fourth-order valence-electron chi connectivity index (χ4n) is 3.77. The van der Waals surface area contributed by atoms with Crippen LogP contribution in [0.3, 0.4) is 0 Å². The van der Waals surface area contributed by atoms with Gasteiger partial charge in [-0.3, -0.25) is 9.59 Å². The number of ketones is 1. The Hall–Kier alpha value is -3.23. The van der Waals surface area contributed by atoms with Crippen molar-refractivity contribution < 1.29 is 24.2 Å². The van der Waals surface area contributed by atoms with Gasteiger partial charge >= 0.3 is 5.97 Å². The lowest BCUT2D eigenvalue weighted by molar-refractivity contribution is -0.149. The molecular weight excluding hydrogens is 470 g/mol. The van der Waals surface area contributed by atoms with Crippen molar-refractivity contribution >= 4 is 42.1 Å². The Labute approximate surface area is 207 Å².